The number of thioether (sulfide) groups is 1. The van der Waals surface area contributed by atoms with Crippen molar-refractivity contribution >= 4 is 22.7 Å². The van der Waals surface area contributed by atoms with Gasteiger partial charge < -0.3 is 15.0 Å². The maximum atomic E-state index is 5.62. The summed E-state index contributed by atoms with van der Waals surface area (Å²) in [4.78, 5) is 3.47. The first-order chi connectivity index (χ1) is 9.81. The van der Waals surface area contributed by atoms with Crippen LogP contribution < -0.4 is 5.32 Å². The molecule has 108 valence electrons. The minimum atomic E-state index is 0.431. The molecular weight excluding hydrogens is 268 g/mol. The molecule has 4 heteroatoms. The van der Waals surface area contributed by atoms with Gasteiger partial charge in [0.15, 0.2) is 0 Å². The first-order valence-electron chi connectivity index (χ1n) is 7.38. The Labute approximate surface area is 124 Å². The molecule has 3 nitrogen and oxygen atoms in total. The lowest BCUT2D eigenvalue weighted by molar-refractivity contribution is 0.110. The monoisotopic (exact) mass is 290 g/mol. The number of hydrogen-bond donors (Lipinski definition) is 2. The van der Waals surface area contributed by atoms with Crippen LogP contribution in [0, 0.1) is 0 Å². The van der Waals surface area contributed by atoms with Gasteiger partial charge in [0.25, 0.3) is 0 Å². The van der Waals surface area contributed by atoms with Gasteiger partial charge >= 0.3 is 0 Å². The van der Waals surface area contributed by atoms with Gasteiger partial charge in [-0.05, 0) is 25.0 Å². The fourth-order valence-corrected chi connectivity index (χ4v) is 3.62. The van der Waals surface area contributed by atoms with Crippen molar-refractivity contribution < 1.29 is 4.74 Å². The number of aromatic amines is 1. The predicted molar refractivity (Wildman–Crippen MR) is 85.5 cm³/mol. The summed E-state index contributed by atoms with van der Waals surface area (Å²) in [5.41, 5.74) is 1.22. The standard InChI is InChI=1S/C16H22N2OS/c1-12(10-17-11-14-6-4-8-19-14)20-16-9-13-5-2-3-7-15(13)18-16/h2-3,5,7,9,12,14,17-18H,4,6,8,10-11H2,1H3. The molecule has 20 heavy (non-hydrogen) atoms. The molecule has 0 amide bonds. The van der Waals surface area contributed by atoms with Crippen molar-refractivity contribution in [3.63, 3.8) is 0 Å². The summed E-state index contributed by atoms with van der Waals surface area (Å²) in [7, 11) is 0. The first-order valence-corrected chi connectivity index (χ1v) is 8.26. The van der Waals surface area contributed by atoms with Crippen molar-refractivity contribution in [3.8, 4) is 0 Å². The maximum absolute atomic E-state index is 5.62. The second-order valence-corrected chi connectivity index (χ2v) is 6.92. The van der Waals surface area contributed by atoms with E-state index in [1.54, 1.807) is 0 Å². The summed E-state index contributed by atoms with van der Waals surface area (Å²) in [6.45, 7) is 5.20. The summed E-state index contributed by atoms with van der Waals surface area (Å²) < 4.78 is 5.62. The summed E-state index contributed by atoms with van der Waals surface area (Å²) in [5, 5.41) is 6.60. The van der Waals surface area contributed by atoms with Gasteiger partial charge in [-0.1, -0.05) is 25.1 Å². The van der Waals surface area contributed by atoms with Gasteiger partial charge in [0.05, 0.1) is 11.1 Å². The molecule has 3 rings (SSSR count). The minimum Gasteiger partial charge on any atom is -0.377 e. The van der Waals surface area contributed by atoms with Crippen LogP contribution in [0.2, 0.25) is 0 Å². The normalized spacial score (nSPS) is 20.6. The van der Waals surface area contributed by atoms with Gasteiger partial charge in [0, 0.05) is 35.8 Å². The fraction of sp³-hybridized carbons (Fsp3) is 0.500. The molecule has 1 saturated heterocycles. The van der Waals surface area contributed by atoms with Crippen LogP contribution in [-0.2, 0) is 4.74 Å². The van der Waals surface area contributed by atoms with Crippen LogP contribution in [0.25, 0.3) is 10.9 Å². The number of ether oxygens (including phenoxy) is 1. The van der Waals surface area contributed by atoms with Crippen LogP contribution in [-0.4, -0.2) is 36.0 Å². The molecule has 0 saturated carbocycles. The number of benzene rings is 1. The maximum Gasteiger partial charge on any atom is 0.0735 e. The van der Waals surface area contributed by atoms with Gasteiger partial charge in [-0.25, -0.2) is 0 Å². The van der Waals surface area contributed by atoms with Crippen LogP contribution in [0.15, 0.2) is 35.4 Å². The molecule has 2 aromatic rings. The summed E-state index contributed by atoms with van der Waals surface area (Å²) >= 11 is 1.89. The molecule has 2 N–H and O–H groups in total. The topological polar surface area (TPSA) is 37.0 Å². The molecule has 2 heterocycles. The third-order valence-corrected chi connectivity index (χ3v) is 4.70. The molecule has 1 fully saturated rings. The second kappa shape index (κ2) is 6.66. The average molecular weight is 290 g/mol. The molecule has 1 aromatic heterocycles. The third kappa shape index (κ3) is 3.57. The lowest BCUT2D eigenvalue weighted by atomic mass is 10.2. The highest BCUT2D eigenvalue weighted by molar-refractivity contribution is 7.99. The quantitative estimate of drug-likeness (QED) is 0.801. The van der Waals surface area contributed by atoms with Crippen LogP contribution in [0.5, 0.6) is 0 Å². The van der Waals surface area contributed by atoms with Gasteiger partial charge in [-0.3, -0.25) is 0 Å². The molecule has 0 radical (unpaired) electrons. The zero-order valence-corrected chi connectivity index (χ0v) is 12.7. The number of H-pyrrole nitrogens is 1. The lowest BCUT2D eigenvalue weighted by Gasteiger charge is -2.14. The van der Waals surface area contributed by atoms with Gasteiger partial charge in [0.1, 0.15) is 0 Å². The number of hydrogen-bond acceptors (Lipinski definition) is 3. The third-order valence-electron chi connectivity index (χ3n) is 3.66. The van der Waals surface area contributed by atoms with E-state index in [4.69, 9.17) is 4.74 Å². The number of para-hydroxylation sites is 1. The average Bonchev–Trinajstić information content (AvgIpc) is 3.06. The smallest absolute Gasteiger partial charge is 0.0735 e. The van der Waals surface area contributed by atoms with Crippen LogP contribution in [0.3, 0.4) is 0 Å². The highest BCUT2D eigenvalue weighted by Gasteiger charge is 2.15. The van der Waals surface area contributed by atoms with E-state index in [0.29, 0.717) is 11.4 Å². The number of fused-ring (bicyclic) bond motifs is 1. The van der Waals surface area contributed by atoms with Crippen molar-refractivity contribution in [1.82, 2.24) is 10.3 Å². The number of rotatable bonds is 6. The Morgan fingerprint density at radius 3 is 3.15 bits per heavy atom. The van der Waals surface area contributed by atoms with Crippen molar-refractivity contribution in [1.29, 1.82) is 0 Å². The molecular formula is C16H22N2OS. The Bertz CT molecular complexity index is 515. The second-order valence-electron chi connectivity index (χ2n) is 5.44. The van der Waals surface area contributed by atoms with Crippen molar-refractivity contribution in [2.24, 2.45) is 0 Å². The number of aromatic nitrogens is 1. The van der Waals surface area contributed by atoms with E-state index in [0.717, 1.165) is 19.7 Å². The van der Waals surface area contributed by atoms with Crippen LogP contribution in [0.1, 0.15) is 19.8 Å². The Balaban J connectivity index is 1.46. The summed E-state index contributed by atoms with van der Waals surface area (Å²) in [5.74, 6) is 0. The molecule has 0 aliphatic carbocycles. The van der Waals surface area contributed by atoms with E-state index in [1.165, 1.54) is 28.8 Å². The van der Waals surface area contributed by atoms with E-state index in [9.17, 15) is 0 Å². The van der Waals surface area contributed by atoms with E-state index >= 15 is 0 Å². The van der Waals surface area contributed by atoms with E-state index < -0.39 is 0 Å². The molecule has 0 bridgehead atoms. The first kappa shape index (κ1) is 14.0. The lowest BCUT2D eigenvalue weighted by Crippen LogP contribution is -2.30. The zero-order valence-electron chi connectivity index (χ0n) is 11.9. The van der Waals surface area contributed by atoms with Gasteiger partial charge in [0.2, 0.25) is 0 Å². The zero-order chi connectivity index (χ0) is 13.8. The largest absolute Gasteiger partial charge is 0.377 e. The summed E-state index contributed by atoms with van der Waals surface area (Å²) in [6, 6.07) is 10.7. The molecule has 1 aliphatic rings. The highest BCUT2D eigenvalue weighted by atomic mass is 32.2. The highest BCUT2D eigenvalue weighted by Crippen LogP contribution is 2.26. The molecule has 1 aliphatic heterocycles. The SMILES string of the molecule is CC(CNCC1CCCO1)Sc1cc2ccccc2[nH]1. The van der Waals surface area contributed by atoms with Crippen molar-refractivity contribution in [2.45, 2.75) is 36.1 Å². The Morgan fingerprint density at radius 1 is 1.45 bits per heavy atom. The molecule has 2 atom stereocenters. The minimum absolute atomic E-state index is 0.431. The predicted octanol–water partition coefficient (Wildman–Crippen LogP) is 3.42. The fourth-order valence-electron chi connectivity index (χ4n) is 2.62. The summed E-state index contributed by atoms with van der Waals surface area (Å²) in [6.07, 6.45) is 2.85. The van der Waals surface area contributed by atoms with E-state index in [2.05, 4.69) is 47.6 Å². The van der Waals surface area contributed by atoms with Gasteiger partial charge in [-0.2, -0.15) is 0 Å². The van der Waals surface area contributed by atoms with Crippen molar-refractivity contribution in [3.05, 3.63) is 30.3 Å². The Kier molecular flexibility index (Phi) is 4.65. The molecule has 0 spiro atoms. The van der Waals surface area contributed by atoms with Crippen molar-refractivity contribution in [2.75, 3.05) is 19.7 Å². The van der Waals surface area contributed by atoms with E-state index in [1.807, 2.05) is 11.8 Å². The molecule has 1 aromatic carbocycles. The number of nitrogens with one attached hydrogen (secondary N) is 2. The van der Waals surface area contributed by atoms with Crippen LogP contribution in [0.4, 0.5) is 0 Å². The van der Waals surface area contributed by atoms with Crippen LogP contribution >= 0.6 is 11.8 Å². The molecule has 2 unspecified atom stereocenters. The Morgan fingerprint density at radius 2 is 2.35 bits per heavy atom. The van der Waals surface area contributed by atoms with Gasteiger partial charge in [-0.15, -0.1) is 11.8 Å². The Hall–Kier alpha value is -0.970. The van der Waals surface area contributed by atoms with E-state index in [-0.39, 0.29) is 0 Å².